The van der Waals surface area contributed by atoms with Gasteiger partial charge in [0, 0.05) is 18.4 Å². The Balaban J connectivity index is 1.52. The molecule has 0 radical (unpaired) electrons. The number of aryl methyl sites for hydroxylation is 1. The summed E-state index contributed by atoms with van der Waals surface area (Å²) in [6.45, 7) is 2.99. The van der Waals surface area contributed by atoms with Gasteiger partial charge in [-0.25, -0.2) is 4.39 Å². The fourth-order valence-corrected chi connectivity index (χ4v) is 2.94. The van der Waals surface area contributed by atoms with Crippen molar-refractivity contribution in [2.45, 2.75) is 25.8 Å². The highest BCUT2D eigenvalue weighted by molar-refractivity contribution is 6.35. The molecule has 0 spiro atoms. The lowest BCUT2D eigenvalue weighted by molar-refractivity contribution is -0.121. The van der Waals surface area contributed by atoms with Crippen molar-refractivity contribution in [3.05, 3.63) is 65.1 Å². The molecule has 1 heterocycles. The number of carbonyl (C=O) groups excluding carboxylic acids is 1. The first kappa shape index (κ1) is 17.4. The standard InChI is InChI=1S/C19H19ClFN3O/c1-13(14-5-7-15(21)8-6-14)11-22-19(25)9-10-24-18-4-2-3-17(20)16(18)12-23-24/h2-8,12-13H,9-11H2,1H3,(H,22,25). The number of rotatable bonds is 6. The number of aromatic nitrogens is 2. The maximum atomic E-state index is 12.9. The number of hydrogen-bond donors (Lipinski definition) is 1. The molecule has 1 atom stereocenters. The average Bonchev–Trinajstić information content (AvgIpc) is 3.03. The summed E-state index contributed by atoms with van der Waals surface area (Å²) < 4.78 is 14.7. The van der Waals surface area contributed by atoms with Crippen LogP contribution in [0.3, 0.4) is 0 Å². The molecule has 3 aromatic rings. The Hall–Kier alpha value is -2.40. The molecule has 0 saturated heterocycles. The average molecular weight is 360 g/mol. The third-order valence-electron chi connectivity index (χ3n) is 4.23. The van der Waals surface area contributed by atoms with E-state index >= 15 is 0 Å². The number of amides is 1. The predicted octanol–water partition coefficient (Wildman–Crippen LogP) is 4.14. The molecule has 0 aliphatic carbocycles. The van der Waals surface area contributed by atoms with Gasteiger partial charge in [0.15, 0.2) is 0 Å². The summed E-state index contributed by atoms with van der Waals surface area (Å²) in [5, 5.41) is 8.75. The minimum Gasteiger partial charge on any atom is -0.355 e. The molecular formula is C19H19ClFN3O. The van der Waals surface area contributed by atoms with Gasteiger partial charge in [0.25, 0.3) is 0 Å². The van der Waals surface area contributed by atoms with Crippen LogP contribution in [0.15, 0.2) is 48.7 Å². The summed E-state index contributed by atoms with van der Waals surface area (Å²) in [4.78, 5) is 12.1. The molecule has 3 rings (SSSR count). The van der Waals surface area contributed by atoms with Crippen LogP contribution in [0.2, 0.25) is 5.02 Å². The topological polar surface area (TPSA) is 46.9 Å². The molecule has 25 heavy (non-hydrogen) atoms. The van der Waals surface area contributed by atoms with E-state index in [0.717, 1.165) is 16.5 Å². The van der Waals surface area contributed by atoms with Crippen LogP contribution in [0.4, 0.5) is 4.39 Å². The van der Waals surface area contributed by atoms with Crippen molar-refractivity contribution in [1.29, 1.82) is 0 Å². The van der Waals surface area contributed by atoms with Gasteiger partial charge in [-0.05, 0) is 35.7 Å². The molecule has 6 heteroatoms. The molecular weight excluding hydrogens is 341 g/mol. The summed E-state index contributed by atoms with van der Waals surface area (Å²) in [6.07, 6.45) is 2.05. The van der Waals surface area contributed by atoms with E-state index in [1.807, 2.05) is 25.1 Å². The van der Waals surface area contributed by atoms with Crippen molar-refractivity contribution in [1.82, 2.24) is 15.1 Å². The van der Waals surface area contributed by atoms with Gasteiger partial charge in [-0.15, -0.1) is 0 Å². The summed E-state index contributed by atoms with van der Waals surface area (Å²) in [7, 11) is 0. The smallest absolute Gasteiger partial charge is 0.221 e. The molecule has 1 unspecified atom stereocenters. The van der Waals surface area contributed by atoms with Crippen LogP contribution in [0.5, 0.6) is 0 Å². The summed E-state index contributed by atoms with van der Waals surface area (Å²) in [5.74, 6) is -0.180. The van der Waals surface area contributed by atoms with E-state index in [0.29, 0.717) is 24.5 Å². The van der Waals surface area contributed by atoms with E-state index in [9.17, 15) is 9.18 Å². The van der Waals surface area contributed by atoms with E-state index in [1.165, 1.54) is 12.1 Å². The Morgan fingerprint density at radius 3 is 2.80 bits per heavy atom. The van der Waals surface area contributed by atoms with Crippen molar-refractivity contribution in [2.75, 3.05) is 6.54 Å². The molecule has 2 aromatic carbocycles. The van der Waals surface area contributed by atoms with Crippen LogP contribution in [-0.4, -0.2) is 22.2 Å². The lowest BCUT2D eigenvalue weighted by Gasteiger charge is -2.13. The maximum absolute atomic E-state index is 12.9. The zero-order valence-corrected chi connectivity index (χ0v) is 14.6. The third-order valence-corrected chi connectivity index (χ3v) is 4.56. The second kappa shape index (κ2) is 7.66. The minimum atomic E-state index is -0.258. The maximum Gasteiger partial charge on any atom is 0.221 e. The first-order chi connectivity index (χ1) is 12.0. The number of halogens is 2. The van der Waals surface area contributed by atoms with E-state index in [1.54, 1.807) is 23.0 Å². The molecule has 130 valence electrons. The molecule has 0 aliphatic rings. The summed E-state index contributed by atoms with van der Waals surface area (Å²) in [6, 6.07) is 12.0. The van der Waals surface area contributed by atoms with Gasteiger partial charge in [0.2, 0.25) is 5.91 Å². The number of nitrogens with one attached hydrogen (secondary N) is 1. The van der Waals surface area contributed by atoms with Gasteiger partial charge in [-0.1, -0.05) is 36.7 Å². The van der Waals surface area contributed by atoms with Crippen molar-refractivity contribution >= 4 is 28.4 Å². The molecule has 0 aliphatic heterocycles. The van der Waals surface area contributed by atoms with Crippen molar-refractivity contribution in [3.8, 4) is 0 Å². The monoisotopic (exact) mass is 359 g/mol. The number of fused-ring (bicyclic) bond motifs is 1. The molecule has 0 bridgehead atoms. The van der Waals surface area contributed by atoms with Crippen molar-refractivity contribution < 1.29 is 9.18 Å². The Morgan fingerprint density at radius 2 is 2.04 bits per heavy atom. The van der Waals surface area contributed by atoms with Crippen LogP contribution in [0.1, 0.15) is 24.8 Å². The second-order valence-corrected chi connectivity index (χ2v) is 6.45. The zero-order chi connectivity index (χ0) is 17.8. The van der Waals surface area contributed by atoms with E-state index < -0.39 is 0 Å². The van der Waals surface area contributed by atoms with Crippen LogP contribution in [0, 0.1) is 5.82 Å². The highest BCUT2D eigenvalue weighted by Crippen LogP contribution is 2.22. The first-order valence-corrected chi connectivity index (χ1v) is 8.54. The Morgan fingerprint density at radius 1 is 1.28 bits per heavy atom. The summed E-state index contributed by atoms with van der Waals surface area (Å²) >= 11 is 6.13. The first-order valence-electron chi connectivity index (χ1n) is 8.17. The van der Waals surface area contributed by atoms with E-state index in [-0.39, 0.29) is 17.6 Å². The lowest BCUT2D eigenvalue weighted by atomic mass is 10.0. The van der Waals surface area contributed by atoms with Gasteiger partial charge >= 0.3 is 0 Å². The largest absolute Gasteiger partial charge is 0.355 e. The molecule has 0 fully saturated rings. The van der Waals surface area contributed by atoms with Gasteiger partial charge in [-0.2, -0.15) is 5.10 Å². The van der Waals surface area contributed by atoms with Crippen LogP contribution >= 0.6 is 11.6 Å². The lowest BCUT2D eigenvalue weighted by Crippen LogP contribution is -2.28. The van der Waals surface area contributed by atoms with E-state index in [4.69, 9.17) is 11.6 Å². The third kappa shape index (κ3) is 4.17. The van der Waals surface area contributed by atoms with Gasteiger partial charge in [-0.3, -0.25) is 9.48 Å². The van der Waals surface area contributed by atoms with Crippen molar-refractivity contribution in [2.24, 2.45) is 0 Å². The SMILES string of the molecule is CC(CNC(=O)CCn1ncc2c(Cl)cccc21)c1ccc(F)cc1. The van der Waals surface area contributed by atoms with Crippen LogP contribution in [0.25, 0.3) is 10.9 Å². The number of benzene rings is 2. The number of hydrogen-bond acceptors (Lipinski definition) is 2. The van der Waals surface area contributed by atoms with Gasteiger partial charge < -0.3 is 5.32 Å². The Kier molecular flexibility index (Phi) is 5.34. The van der Waals surface area contributed by atoms with Gasteiger partial charge in [0.05, 0.1) is 23.3 Å². The fourth-order valence-electron chi connectivity index (χ4n) is 2.72. The quantitative estimate of drug-likeness (QED) is 0.719. The normalized spacial score (nSPS) is 12.3. The predicted molar refractivity (Wildman–Crippen MR) is 97.2 cm³/mol. The Bertz CT molecular complexity index is 876. The molecule has 1 aromatic heterocycles. The second-order valence-electron chi connectivity index (χ2n) is 6.05. The number of carbonyl (C=O) groups is 1. The molecule has 1 amide bonds. The Labute approximate surface area is 150 Å². The zero-order valence-electron chi connectivity index (χ0n) is 13.9. The van der Waals surface area contributed by atoms with Crippen LogP contribution < -0.4 is 5.32 Å². The summed E-state index contributed by atoms with van der Waals surface area (Å²) in [5.41, 5.74) is 1.91. The number of nitrogens with zero attached hydrogens (tertiary/aromatic N) is 2. The van der Waals surface area contributed by atoms with E-state index in [2.05, 4.69) is 10.4 Å². The molecule has 0 saturated carbocycles. The minimum absolute atomic E-state index is 0.0420. The van der Waals surface area contributed by atoms with Gasteiger partial charge in [0.1, 0.15) is 5.82 Å². The van der Waals surface area contributed by atoms with Crippen LogP contribution in [-0.2, 0) is 11.3 Å². The highest BCUT2D eigenvalue weighted by Gasteiger charge is 2.10. The molecule has 1 N–H and O–H groups in total. The molecule has 4 nitrogen and oxygen atoms in total. The fraction of sp³-hybridized carbons (Fsp3) is 0.263. The van der Waals surface area contributed by atoms with Crippen molar-refractivity contribution in [3.63, 3.8) is 0 Å². The highest BCUT2D eigenvalue weighted by atomic mass is 35.5.